The van der Waals surface area contributed by atoms with Crippen LogP contribution in [0.4, 0.5) is 5.00 Å². The van der Waals surface area contributed by atoms with Gasteiger partial charge in [0.2, 0.25) is 5.91 Å². The summed E-state index contributed by atoms with van der Waals surface area (Å²) in [6, 6.07) is 2.13. The fourth-order valence-corrected chi connectivity index (χ4v) is 2.59. The molecule has 0 radical (unpaired) electrons. The molecule has 110 valence electrons. The highest BCUT2D eigenvalue weighted by Crippen LogP contribution is 2.31. The normalized spacial score (nSPS) is 11.5. The van der Waals surface area contributed by atoms with E-state index in [1.54, 1.807) is 11.9 Å². The summed E-state index contributed by atoms with van der Waals surface area (Å²) in [6.45, 7) is 7.66. The van der Waals surface area contributed by atoms with E-state index in [0.717, 1.165) is 10.4 Å². The summed E-state index contributed by atoms with van der Waals surface area (Å²) in [5.74, 6) is -0.188. The molecular weight excluding hydrogens is 274 g/mol. The summed E-state index contributed by atoms with van der Waals surface area (Å²) < 4.78 is 0. The topological polar surface area (TPSA) is 76.4 Å². The van der Waals surface area contributed by atoms with Gasteiger partial charge in [-0.1, -0.05) is 0 Å². The molecule has 0 aromatic carbocycles. The number of nitrogens with one attached hydrogen (secondary N) is 1. The van der Waals surface area contributed by atoms with Crippen LogP contribution >= 0.6 is 11.3 Å². The van der Waals surface area contributed by atoms with Gasteiger partial charge in [-0.3, -0.25) is 9.69 Å². The highest BCUT2D eigenvalue weighted by atomic mass is 32.1. The molecule has 0 bridgehead atoms. The molecule has 1 aromatic heterocycles. The fourth-order valence-electron chi connectivity index (χ4n) is 1.57. The molecule has 0 spiro atoms. The van der Waals surface area contributed by atoms with Gasteiger partial charge in [0.05, 0.1) is 18.7 Å². The third-order valence-electron chi connectivity index (χ3n) is 3.55. The molecule has 0 fully saturated rings. The van der Waals surface area contributed by atoms with Crippen molar-refractivity contribution >= 4 is 22.2 Å². The predicted molar refractivity (Wildman–Crippen MR) is 80.9 cm³/mol. The molecule has 5 nitrogen and oxygen atoms in total. The molecule has 1 heterocycles. The molecule has 0 aliphatic carbocycles. The third kappa shape index (κ3) is 3.57. The fraction of sp³-hybridized carbons (Fsp3) is 0.571. The monoisotopic (exact) mass is 295 g/mol. The molecule has 2 N–H and O–H groups in total. The smallest absolute Gasteiger partial charge is 0.239 e. The van der Waals surface area contributed by atoms with Crippen molar-refractivity contribution in [3.05, 3.63) is 16.0 Å². The maximum atomic E-state index is 12.0. The van der Waals surface area contributed by atoms with Gasteiger partial charge >= 0.3 is 0 Å². The Kier molecular flexibility index (Phi) is 5.28. The summed E-state index contributed by atoms with van der Waals surface area (Å²) in [6.07, 6.45) is 0. The van der Waals surface area contributed by atoms with Gasteiger partial charge in [-0.25, -0.2) is 0 Å². The number of aliphatic hydroxyl groups excluding tert-OH is 1. The summed E-state index contributed by atoms with van der Waals surface area (Å²) in [5.41, 5.74) is 0.984. The third-order valence-corrected chi connectivity index (χ3v) is 4.67. The second-order valence-electron chi connectivity index (χ2n) is 5.47. The van der Waals surface area contributed by atoms with Crippen LogP contribution in [0.1, 0.15) is 29.9 Å². The largest absolute Gasteiger partial charge is 0.394 e. The number of amides is 1. The first-order chi connectivity index (χ1) is 9.22. The minimum Gasteiger partial charge on any atom is -0.394 e. The molecule has 0 atom stereocenters. The maximum Gasteiger partial charge on any atom is 0.239 e. The molecule has 0 saturated carbocycles. The van der Waals surface area contributed by atoms with Crippen molar-refractivity contribution in [1.82, 2.24) is 4.90 Å². The molecule has 1 aromatic rings. The Hall–Kier alpha value is -1.42. The van der Waals surface area contributed by atoms with Crippen LogP contribution in [0.3, 0.4) is 0 Å². The van der Waals surface area contributed by atoms with Crippen LogP contribution in [0.25, 0.3) is 0 Å². The van der Waals surface area contributed by atoms with E-state index >= 15 is 0 Å². The van der Waals surface area contributed by atoms with E-state index in [-0.39, 0.29) is 19.1 Å². The van der Waals surface area contributed by atoms with Gasteiger partial charge < -0.3 is 10.4 Å². The zero-order chi connectivity index (χ0) is 15.5. The van der Waals surface area contributed by atoms with Crippen LogP contribution in [0.2, 0.25) is 0 Å². The first kappa shape index (κ1) is 16.6. The molecule has 20 heavy (non-hydrogen) atoms. The Morgan fingerprint density at radius 3 is 2.60 bits per heavy atom. The first-order valence-corrected chi connectivity index (χ1v) is 7.16. The molecule has 0 aliphatic heterocycles. The molecule has 0 unspecified atom stereocenters. The van der Waals surface area contributed by atoms with E-state index < -0.39 is 5.54 Å². The van der Waals surface area contributed by atoms with Crippen LogP contribution in [-0.4, -0.2) is 41.7 Å². The lowest BCUT2D eigenvalue weighted by Crippen LogP contribution is -2.47. The number of thiophene rings is 1. The van der Waals surface area contributed by atoms with Gasteiger partial charge in [0.25, 0.3) is 0 Å². The number of nitriles is 1. The molecule has 0 aliphatic rings. The van der Waals surface area contributed by atoms with E-state index in [9.17, 15) is 9.90 Å². The number of aryl methyl sites for hydroxylation is 1. The zero-order valence-corrected chi connectivity index (χ0v) is 13.4. The lowest BCUT2D eigenvalue weighted by molar-refractivity contribution is -0.118. The van der Waals surface area contributed by atoms with Crippen LogP contribution in [-0.2, 0) is 4.79 Å². The number of likely N-dealkylation sites (N-methyl/N-ethyl adjacent to an activating group) is 1. The number of rotatable bonds is 5. The summed E-state index contributed by atoms with van der Waals surface area (Å²) in [5, 5.41) is 21.8. The predicted octanol–water partition coefficient (Wildman–Crippen LogP) is 1.88. The Bertz CT molecular complexity index is 543. The van der Waals surface area contributed by atoms with Crippen molar-refractivity contribution in [3.8, 4) is 6.07 Å². The second-order valence-corrected chi connectivity index (χ2v) is 6.70. The van der Waals surface area contributed by atoms with Crippen LogP contribution in [0.5, 0.6) is 0 Å². The first-order valence-electron chi connectivity index (χ1n) is 6.35. The van der Waals surface area contributed by atoms with Gasteiger partial charge in [0.1, 0.15) is 11.1 Å². The summed E-state index contributed by atoms with van der Waals surface area (Å²) >= 11 is 1.41. The molecular formula is C14H21N3O2S. The average molecular weight is 295 g/mol. The van der Waals surface area contributed by atoms with Crippen molar-refractivity contribution in [2.45, 2.75) is 33.2 Å². The number of hydrogen-bond donors (Lipinski definition) is 2. The number of carbonyl (C=O) groups is 1. The zero-order valence-electron chi connectivity index (χ0n) is 12.6. The Morgan fingerprint density at radius 2 is 2.10 bits per heavy atom. The number of hydrogen-bond acceptors (Lipinski definition) is 5. The van der Waals surface area contributed by atoms with E-state index in [2.05, 4.69) is 11.4 Å². The van der Waals surface area contributed by atoms with E-state index in [1.165, 1.54) is 11.3 Å². The minimum absolute atomic E-state index is 0.0303. The number of nitrogens with zero attached hydrogens (tertiary/aromatic N) is 2. The minimum atomic E-state index is -0.462. The quantitative estimate of drug-likeness (QED) is 0.869. The Morgan fingerprint density at radius 1 is 1.50 bits per heavy atom. The lowest BCUT2D eigenvalue weighted by atomic mass is 10.1. The molecule has 6 heteroatoms. The van der Waals surface area contributed by atoms with E-state index in [1.807, 2.05) is 27.7 Å². The van der Waals surface area contributed by atoms with E-state index in [4.69, 9.17) is 5.26 Å². The standard InChI is InChI=1S/C14H21N3O2S/c1-9-10(2)20-13(11(9)6-15)16-12(19)7-17(5)14(3,4)8-18/h18H,7-8H2,1-5H3,(H,16,19). The SMILES string of the molecule is Cc1sc(NC(=O)CN(C)C(C)(C)CO)c(C#N)c1C. The molecule has 0 saturated heterocycles. The van der Waals surface area contributed by atoms with Crippen LogP contribution in [0.15, 0.2) is 0 Å². The van der Waals surface area contributed by atoms with Gasteiger partial charge in [-0.05, 0) is 40.3 Å². The van der Waals surface area contributed by atoms with Gasteiger partial charge in [0, 0.05) is 10.4 Å². The van der Waals surface area contributed by atoms with Crippen LogP contribution in [0, 0.1) is 25.2 Å². The maximum absolute atomic E-state index is 12.0. The Balaban J connectivity index is 2.78. The van der Waals surface area contributed by atoms with Crippen molar-refractivity contribution in [1.29, 1.82) is 5.26 Å². The summed E-state index contributed by atoms with van der Waals surface area (Å²) in [4.78, 5) is 14.8. The lowest BCUT2D eigenvalue weighted by Gasteiger charge is -2.33. The highest BCUT2D eigenvalue weighted by molar-refractivity contribution is 7.16. The van der Waals surface area contributed by atoms with Crippen molar-refractivity contribution in [3.63, 3.8) is 0 Å². The molecule has 1 amide bonds. The average Bonchev–Trinajstić information content (AvgIpc) is 2.64. The second kappa shape index (κ2) is 6.35. The number of aliphatic hydroxyl groups is 1. The van der Waals surface area contributed by atoms with Gasteiger partial charge in [-0.15, -0.1) is 11.3 Å². The van der Waals surface area contributed by atoms with Crippen LogP contribution < -0.4 is 5.32 Å². The molecule has 1 rings (SSSR count). The highest BCUT2D eigenvalue weighted by Gasteiger charge is 2.24. The summed E-state index contributed by atoms with van der Waals surface area (Å²) in [7, 11) is 1.78. The van der Waals surface area contributed by atoms with Crippen molar-refractivity contribution in [2.75, 3.05) is 25.5 Å². The number of carbonyl (C=O) groups excluding carboxylic acids is 1. The van der Waals surface area contributed by atoms with Gasteiger partial charge in [-0.2, -0.15) is 5.26 Å². The van der Waals surface area contributed by atoms with Gasteiger partial charge in [0.15, 0.2) is 0 Å². The Labute approximate surface area is 123 Å². The number of anilines is 1. The van der Waals surface area contributed by atoms with Crippen molar-refractivity contribution < 1.29 is 9.90 Å². The van der Waals surface area contributed by atoms with Crippen molar-refractivity contribution in [2.24, 2.45) is 0 Å². The van der Waals surface area contributed by atoms with E-state index in [0.29, 0.717) is 10.6 Å².